The lowest BCUT2D eigenvalue weighted by atomic mass is 9.65. The number of methoxy groups -OCH3 is 1. The Morgan fingerprint density at radius 2 is 1.95 bits per heavy atom. The molecule has 1 heterocycles. The van der Waals surface area contributed by atoms with E-state index in [4.69, 9.17) is 4.74 Å². The van der Waals surface area contributed by atoms with Crippen molar-refractivity contribution in [3.63, 3.8) is 0 Å². The van der Waals surface area contributed by atoms with E-state index in [0.717, 1.165) is 19.4 Å². The molecule has 1 aromatic carbocycles. The number of benzene rings is 1. The fourth-order valence-corrected chi connectivity index (χ4v) is 4.67. The van der Waals surface area contributed by atoms with Crippen molar-refractivity contribution >= 4 is 5.91 Å². The molecule has 0 spiro atoms. The first-order valence-corrected chi connectivity index (χ1v) is 7.78. The van der Waals surface area contributed by atoms with Crippen molar-refractivity contribution in [2.24, 2.45) is 10.8 Å². The Balaban J connectivity index is 1.90. The number of rotatable bonds is 2. The normalized spacial score (nSPS) is 30.3. The van der Waals surface area contributed by atoms with Gasteiger partial charge in [-0.05, 0) is 42.2 Å². The number of carbonyl (C=O) groups is 1. The molecule has 2 bridgehead atoms. The summed E-state index contributed by atoms with van der Waals surface area (Å²) in [6, 6.07) is 7.92. The van der Waals surface area contributed by atoms with E-state index in [9.17, 15) is 4.79 Å². The van der Waals surface area contributed by atoms with Crippen LogP contribution in [0.1, 0.15) is 50.4 Å². The molecule has 21 heavy (non-hydrogen) atoms. The van der Waals surface area contributed by atoms with Crippen LogP contribution in [0.3, 0.4) is 0 Å². The number of hydrogen-bond acceptors (Lipinski definition) is 2. The van der Waals surface area contributed by atoms with Crippen LogP contribution in [0.25, 0.3) is 0 Å². The Hall–Kier alpha value is -1.51. The second kappa shape index (κ2) is 4.75. The Bertz CT molecular complexity index is 566. The van der Waals surface area contributed by atoms with Gasteiger partial charge in [0.15, 0.2) is 0 Å². The topological polar surface area (TPSA) is 29.5 Å². The standard InChI is InChI=1S/C18H25NO2/c1-17(2)9-13-10-18(3,11-17)12-19(13)16(20)14-7-5-6-8-15(14)21-4/h5-8,13H,9-12H2,1-4H3/t13-,18-/m0/s1. The van der Waals surface area contributed by atoms with Gasteiger partial charge in [-0.15, -0.1) is 0 Å². The average Bonchev–Trinajstić information content (AvgIpc) is 2.67. The molecule has 0 radical (unpaired) electrons. The summed E-state index contributed by atoms with van der Waals surface area (Å²) in [5.41, 5.74) is 1.28. The van der Waals surface area contributed by atoms with Crippen molar-refractivity contribution in [1.82, 2.24) is 4.90 Å². The molecule has 0 unspecified atom stereocenters. The Morgan fingerprint density at radius 3 is 2.67 bits per heavy atom. The summed E-state index contributed by atoms with van der Waals surface area (Å²) in [5, 5.41) is 0. The zero-order chi connectivity index (χ0) is 15.3. The Kier molecular flexibility index (Phi) is 3.27. The van der Waals surface area contributed by atoms with Crippen LogP contribution in [0.2, 0.25) is 0 Å². The molecule has 1 saturated heterocycles. The van der Waals surface area contributed by atoms with E-state index < -0.39 is 0 Å². The van der Waals surface area contributed by atoms with Gasteiger partial charge in [0.2, 0.25) is 0 Å². The SMILES string of the molecule is COc1ccccc1C(=O)N1C[C@@]2(C)C[C@@H]1CC(C)(C)C2. The lowest BCUT2D eigenvalue weighted by Gasteiger charge is -2.39. The van der Waals surface area contributed by atoms with Gasteiger partial charge in [0, 0.05) is 12.6 Å². The molecule has 1 aromatic rings. The quantitative estimate of drug-likeness (QED) is 0.829. The van der Waals surface area contributed by atoms with Crippen LogP contribution < -0.4 is 4.74 Å². The number of carbonyl (C=O) groups excluding carboxylic acids is 1. The van der Waals surface area contributed by atoms with E-state index >= 15 is 0 Å². The molecular weight excluding hydrogens is 262 g/mol. The number of ether oxygens (including phenoxy) is 1. The lowest BCUT2D eigenvalue weighted by molar-refractivity contribution is 0.0705. The molecule has 2 atom stereocenters. The third-order valence-corrected chi connectivity index (χ3v) is 5.01. The molecule has 3 rings (SSSR count). The van der Waals surface area contributed by atoms with Gasteiger partial charge in [0.1, 0.15) is 5.75 Å². The van der Waals surface area contributed by atoms with Gasteiger partial charge in [0.25, 0.3) is 5.91 Å². The molecular formula is C18H25NO2. The van der Waals surface area contributed by atoms with E-state index in [2.05, 4.69) is 25.7 Å². The van der Waals surface area contributed by atoms with E-state index in [1.54, 1.807) is 7.11 Å². The van der Waals surface area contributed by atoms with E-state index in [0.29, 0.717) is 22.8 Å². The fraction of sp³-hybridized carbons (Fsp3) is 0.611. The largest absolute Gasteiger partial charge is 0.496 e. The third-order valence-electron chi connectivity index (χ3n) is 5.01. The van der Waals surface area contributed by atoms with Crippen LogP contribution >= 0.6 is 0 Å². The Labute approximate surface area is 127 Å². The van der Waals surface area contributed by atoms with Gasteiger partial charge in [0.05, 0.1) is 12.7 Å². The van der Waals surface area contributed by atoms with Gasteiger partial charge < -0.3 is 9.64 Å². The first-order chi connectivity index (χ1) is 9.84. The zero-order valence-electron chi connectivity index (χ0n) is 13.5. The van der Waals surface area contributed by atoms with Crippen molar-refractivity contribution in [3.8, 4) is 5.75 Å². The third kappa shape index (κ3) is 2.54. The highest BCUT2D eigenvalue weighted by atomic mass is 16.5. The summed E-state index contributed by atoms with van der Waals surface area (Å²) in [4.78, 5) is 15.1. The van der Waals surface area contributed by atoms with Crippen molar-refractivity contribution in [2.75, 3.05) is 13.7 Å². The van der Waals surface area contributed by atoms with E-state index in [1.165, 1.54) is 6.42 Å². The molecule has 0 N–H and O–H groups in total. The van der Waals surface area contributed by atoms with Crippen molar-refractivity contribution < 1.29 is 9.53 Å². The highest BCUT2D eigenvalue weighted by molar-refractivity contribution is 5.97. The number of fused-ring (bicyclic) bond motifs is 2. The van der Waals surface area contributed by atoms with Gasteiger partial charge in [-0.3, -0.25) is 4.79 Å². The molecule has 0 aromatic heterocycles. The van der Waals surface area contributed by atoms with Gasteiger partial charge in [-0.2, -0.15) is 0 Å². The summed E-state index contributed by atoms with van der Waals surface area (Å²) in [7, 11) is 1.62. The van der Waals surface area contributed by atoms with Gasteiger partial charge in [-0.25, -0.2) is 0 Å². The maximum atomic E-state index is 13.0. The highest BCUT2D eigenvalue weighted by Gasteiger charge is 2.51. The van der Waals surface area contributed by atoms with Crippen LogP contribution in [0.5, 0.6) is 5.75 Å². The molecule has 2 fully saturated rings. The van der Waals surface area contributed by atoms with Crippen molar-refractivity contribution in [2.45, 2.75) is 46.1 Å². The first kappa shape index (κ1) is 14.4. The maximum Gasteiger partial charge on any atom is 0.257 e. The average molecular weight is 287 g/mol. The molecule has 1 amide bonds. The highest BCUT2D eigenvalue weighted by Crippen LogP contribution is 2.52. The second-order valence-electron chi connectivity index (χ2n) is 7.85. The molecule has 3 nitrogen and oxygen atoms in total. The molecule has 2 aliphatic rings. The minimum atomic E-state index is 0.124. The summed E-state index contributed by atoms with van der Waals surface area (Å²) in [5.74, 6) is 0.798. The predicted molar refractivity (Wildman–Crippen MR) is 83.6 cm³/mol. The fourth-order valence-electron chi connectivity index (χ4n) is 4.67. The maximum absolute atomic E-state index is 13.0. The summed E-state index contributed by atoms with van der Waals surface area (Å²) < 4.78 is 5.36. The van der Waals surface area contributed by atoms with Crippen LogP contribution in [-0.2, 0) is 0 Å². The van der Waals surface area contributed by atoms with Gasteiger partial charge >= 0.3 is 0 Å². The van der Waals surface area contributed by atoms with E-state index in [-0.39, 0.29) is 11.3 Å². The first-order valence-electron chi connectivity index (χ1n) is 7.78. The second-order valence-corrected chi connectivity index (χ2v) is 7.85. The van der Waals surface area contributed by atoms with Gasteiger partial charge in [-0.1, -0.05) is 32.9 Å². The zero-order valence-corrected chi connectivity index (χ0v) is 13.5. The monoisotopic (exact) mass is 287 g/mol. The molecule has 1 saturated carbocycles. The van der Waals surface area contributed by atoms with Crippen LogP contribution in [0.4, 0.5) is 0 Å². The predicted octanol–water partition coefficient (Wildman–Crippen LogP) is 3.74. The number of hydrogen-bond donors (Lipinski definition) is 0. The minimum Gasteiger partial charge on any atom is -0.496 e. The summed E-state index contributed by atoms with van der Waals surface area (Å²) in [6.07, 6.45) is 3.44. The van der Waals surface area contributed by atoms with E-state index in [1.807, 2.05) is 24.3 Å². The molecule has 1 aliphatic heterocycles. The molecule has 1 aliphatic carbocycles. The number of likely N-dealkylation sites (tertiary alicyclic amines) is 1. The number of para-hydroxylation sites is 1. The Morgan fingerprint density at radius 1 is 1.24 bits per heavy atom. The lowest BCUT2D eigenvalue weighted by Crippen LogP contribution is -2.37. The van der Waals surface area contributed by atoms with Crippen molar-refractivity contribution in [3.05, 3.63) is 29.8 Å². The molecule has 3 heteroatoms. The number of amides is 1. The summed E-state index contributed by atoms with van der Waals surface area (Å²) in [6.45, 7) is 7.86. The van der Waals surface area contributed by atoms with Crippen LogP contribution in [0.15, 0.2) is 24.3 Å². The van der Waals surface area contributed by atoms with Crippen LogP contribution in [0, 0.1) is 10.8 Å². The minimum absolute atomic E-state index is 0.124. The number of nitrogens with zero attached hydrogens (tertiary/aromatic N) is 1. The smallest absolute Gasteiger partial charge is 0.257 e. The summed E-state index contributed by atoms with van der Waals surface area (Å²) >= 11 is 0. The van der Waals surface area contributed by atoms with Crippen LogP contribution in [-0.4, -0.2) is 30.5 Å². The van der Waals surface area contributed by atoms with Crippen molar-refractivity contribution in [1.29, 1.82) is 0 Å². The molecule has 114 valence electrons.